The molecule has 31 heavy (non-hydrogen) atoms. The van der Waals surface area contributed by atoms with E-state index in [4.69, 9.17) is 25.5 Å². The molecule has 8 nitrogen and oxygen atoms in total. The van der Waals surface area contributed by atoms with E-state index < -0.39 is 11.5 Å². The second kappa shape index (κ2) is 9.61. The minimum absolute atomic E-state index is 0.0560. The fourth-order valence-corrected chi connectivity index (χ4v) is 3.13. The maximum Gasteiger partial charge on any atom is 0.349 e. The molecule has 0 spiro atoms. The second-order valence-electron chi connectivity index (χ2n) is 6.77. The number of ether oxygens (including phenoxy) is 2. The molecule has 1 N–H and O–H groups in total. The molecule has 0 saturated heterocycles. The zero-order chi connectivity index (χ0) is 22.5. The first-order valence-electron chi connectivity index (χ1n) is 9.56. The van der Waals surface area contributed by atoms with E-state index in [0.29, 0.717) is 45.9 Å². The van der Waals surface area contributed by atoms with Crippen LogP contribution in [-0.2, 0) is 16.1 Å². The Kier molecular flexibility index (Phi) is 6.91. The SMILES string of the molecule is CCCC(=O)OCc1cnc(C)c2oc(=O)c(C(=O)Nc3cc(Cl)ccc3OC)cc12. The van der Waals surface area contributed by atoms with Gasteiger partial charge in [0.25, 0.3) is 5.91 Å². The molecule has 0 radical (unpaired) electrons. The Labute approximate surface area is 183 Å². The Morgan fingerprint density at radius 2 is 2.03 bits per heavy atom. The maximum absolute atomic E-state index is 12.8. The van der Waals surface area contributed by atoms with Gasteiger partial charge in [0.05, 0.1) is 18.5 Å². The molecule has 0 bridgehead atoms. The van der Waals surface area contributed by atoms with Crippen LogP contribution in [0.2, 0.25) is 5.02 Å². The number of carbonyl (C=O) groups is 2. The number of aryl methyl sites for hydroxylation is 1. The zero-order valence-electron chi connectivity index (χ0n) is 17.3. The van der Waals surface area contributed by atoms with Crippen molar-refractivity contribution >= 4 is 40.1 Å². The number of rotatable bonds is 7. The van der Waals surface area contributed by atoms with E-state index in [1.54, 1.807) is 19.1 Å². The molecular weight excluding hydrogens is 424 g/mol. The van der Waals surface area contributed by atoms with Crippen LogP contribution in [0.4, 0.5) is 5.69 Å². The lowest BCUT2D eigenvalue weighted by molar-refractivity contribution is -0.144. The van der Waals surface area contributed by atoms with Crippen LogP contribution in [0.25, 0.3) is 11.0 Å². The van der Waals surface area contributed by atoms with Crippen LogP contribution in [-0.4, -0.2) is 24.0 Å². The van der Waals surface area contributed by atoms with Crippen LogP contribution in [0, 0.1) is 6.92 Å². The lowest BCUT2D eigenvalue weighted by Crippen LogP contribution is -2.21. The highest BCUT2D eigenvalue weighted by atomic mass is 35.5. The van der Waals surface area contributed by atoms with Gasteiger partial charge in [-0.15, -0.1) is 0 Å². The van der Waals surface area contributed by atoms with Crippen molar-refractivity contribution in [1.82, 2.24) is 4.98 Å². The van der Waals surface area contributed by atoms with E-state index in [1.807, 2.05) is 6.92 Å². The maximum atomic E-state index is 12.8. The molecule has 0 atom stereocenters. The molecule has 2 heterocycles. The van der Waals surface area contributed by atoms with E-state index in [9.17, 15) is 14.4 Å². The number of fused-ring (bicyclic) bond motifs is 1. The van der Waals surface area contributed by atoms with Gasteiger partial charge in [-0.3, -0.25) is 14.6 Å². The number of nitrogens with one attached hydrogen (secondary N) is 1. The van der Waals surface area contributed by atoms with Crippen molar-refractivity contribution < 1.29 is 23.5 Å². The number of esters is 1. The summed E-state index contributed by atoms with van der Waals surface area (Å²) in [4.78, 5) is 41.3. The summed E-state index contributed by atoms with van der Waals surface area (Å²) in [5.41, 5.74) is 0.477. The smallest absolute Gasteiger partial charge is 0.349 e. The summed E-state index contributed by atoms with van der Waals surface area (Å²) < 4.78 is 15.9. The number of aromatic nitrogens is 1. The van der Waals surface area contributed by atoms with Crippen molar-refractivity contribution in [2.24, 2.45) is 0 Å². The lowest BCUT2D eigenvalue weighted by atomic mass is 10.1. The van der Waals surface area contributed by atoms with Gasteiger partial charge in [-0.05, 0) is 37.6 Å². The van der Waals surface area contributed by atoms with Gasteiger partial charge in [-0.1, -0.05) is 18.5 Å². The Hall–Kier alpha value is -3.39. The van der Waals surface area contributed by atoms with Crippen molar-refractivity contribution in [3.63, 3.8) is 0 Å². The molecule has 162 valence electrons. The number of nitrogens with zero attached hydrogens (tertiary/aromatic N) is 1. The summed E-state index contributed by atoms with van der Waals surface area (Å²) in [5.74, 6) is -0.661. The molecule has 1 aromatic carbocycles. The van der Waals surface area contributed by atoms with Crippen molar-refractivity contribution in [3.05, 3.63) is 62.7 Å². The number of methoxy groups -OCH3 is 1. The number of anilines is 1. The first kappa shape index (κ1) is 22.3. The standard InChI is InChI=1S/C22H21ClN2O6/c1-4-5-19(26)30-11-13-10-24-12(2)20-15(13)9-16(22(28)31-20)21(27)25-17-8-14(23)6-7-18(17)29-3/h6-10H,4-5,11H2,1-3H3,(H,25,27). The Bertz CT molecular complexity index is 1200. The molecule has 0 unspecified atom stereocenters. The average Bonchev–Trinajstić information content (AvgIpc) is 2.73. The van der Waals surface area contributed by atoms with Crippen LogP contribution in [0.1, 0.15) is 41.4 Å². The van der Waals surface area contributed by atoms with E-state index in [1.165, 1.54) is 25.4 Å². The predicted octanol–water partition coefficient (Wildman–Crippen LogP) is 4.25. The molecule has 0 aliphatic carbocycles. The van der Waals surface area contributed by atoms with Gasteiger partial charge in [0.15, 0.2) is 5.58 Å². The molecule has 1 amide bonds. The van der Waals surface area contributed by atoms with Gasteiger partial charge >= 0.3 is 11.6 Å². The van der Waals surface area contributed by atoms with Crippen molar-refractivity contribution in [2.75, 3.05) is 12.4 Å². The fourth-order valence-electron chi connectivity index (χ4n) is 2.96. The number of benzene rings is 1. The zero-order valence-corrected chi connectivity index (χ0v) is 18.0. The Morgan fingerprint density at radius 3 is 2.74 bits per heavy atom. The summed E-state index contributed by atoms with van der Waals surface area (Å²) in [6.07, 6.45) is 2.48. The van der Waals surface area contributed by atoms with Crippen LogP contribution in [0.5, 0.6) is 5.75 Å². The number of pyridine rings is 1. The molecular formula is C22H21ClN2O6. The average molecular weight is 445 g/mol. The van der Waals surface area contributed by atoms with E-state index in [2.05, 4.69) is 10.3 Å². The third kappa shape index (κ3) is 5.03. The summed E-state index contributed by atoms with van der Waals surface area (Å²) in [5, 5.41) is 3.46. The molecule has 3 aromatic rings. The number of hydrogen-bond donors (Lipinski definition) is 1. The van der Waals surface area contributed by atoms with Gasteiger partial charge in [0.2, 0.25) is 0 Å². The molecule has 2 aromatic heterocycles. The molecule has 9 heteroatoms. The third-order valence-corrected chi connectivity index (χ3v) is 4.77. The quantitative estimate of drug-likeness (QED) is 0.542. The van der Waals surface area contributed by atoms with Crippen molar-refractivity contribution in [3.8, 4) is 5.75 Å². The largest absolute Gasteiger partial charge is 0.495 e. The topological polar surface area (TPSA) is 108 Å². The molecule has 0 fully saturated rings. The lowest BCUT2D eigenvalue weighted by Gasteiger charge is -2.12. The summed E-state index contributed by atoms with van der Waals surface area (Å²) >= 11 is 6.00. The molecule has 0 aliphatic rings. The first-order valence-corrected chi connectivity index (χ1v) is 9.94. The van der Waals surface area contributed by atoms with E-state index in [0.717, 1.165) is 0 Å². The van der Waals surface area contributed by atoms with Crippen LogP contribution in [0.15, 0.2) is 39.7 Å². The molecule has 0 aliphatic heterocycles. The molecule has 0 saturated carbocycles. The minimum Gasteiger partial charge on any atom is -0.495 e. The minimum atomic E-state index is -0.823. The Balaban J connectivity index is 1.99. The third-order valence-electron chi connectivity index (χ3n) is 4.53. The number of hydrogen-bond acceptors (Lipinski definition) is 7. The van der Waals surface area contributed by atoms with Gasteiger partial charge in [-0.25, -0.2) is 4.79 Å². The summed E-state index contributed by atoms with van der Waals surface area (Å²) in [6, 6.07) is 6.12. The van der Waals surface area contributed by atoms with Crippen molar-refractivity contribution in [1.29, 1.82) is 0 Å². The highest BCUT2D eigenvalue weighted by Gasteiger charge is 2.19. The van der Waals surface area contributed by atoms with Gasteiger partial charge in [0, 0.05) is 28.6 Å². The van der Waals surface area contributed by atoms with E-state index in [-0.39, 0.29) is 23.7 Å². The fraction of sp³-hybridized carbons (Fsp3) is 0.273. The van der Waals surface area contributed by atoms with Gasteiger partial charge in [0.1, 0.15) is 17.9 Å². The van der Waals surface area contributed by atoms with Crippen LogP contribution in [0.3, 0.4) is 0 Å². The van der Waals surface area contributed by atoms with Gasteiger partial charge in [-0.2, -0.15) is 0 Å². The van der Waals surface area contributed by atoms with Crippen LogP contribution >= 0.6 is 11.6 Å². The van der Waals surface area contributed by atoms with Crippen LogP contribution < -0.4 is 15.7 Å². The highest BCUT2D eigenvalue weighted by Crippen LogP contribution is 2.28. The van der Waals surface area contributed by atoms with E-state index >= 15 is 0 Å². The predicted molar refractivity (Wildman–Crippen MR) is 116 cm³/mol. The second-order valence-corrected chi connectivity index (χ2v) is 7.21. The molecule has 3 rings (SSSR count). The normalized spacial score (nSPS) is 10.7. The highest BCUT2D eigenvalue weighted by molar-refractivity contribution is 6.31. The monoisotopic (exact) mass is 444 g/mol. The summed E-state index contributed by atoms with van der Waals surface area (Å²) in [6.45, 7) is 3.49. The number of halogens is 1. The van der Waals surface area contributed by atoms with Crippen molar-refractivity contribution in [2.45, 2.75) is 33.3 Å². The Morgan fingerprint density at radius 1 is 1.26 bits per heavy atom. The van der Waals surface area contributed by atoms with Gasteiger partial charge < -0.3 is 19.2 Å². The number of amides is 1. The first-order chi connectivity index (χ1) is 14.8. The number of carbonyl (C=O) groups excluding carboxylic acids is 2. The summed E-state index contributed by atoms with van der Waals surface area (Å²) in [7, 11) is 1.45.